The highest BCUT2D eigenvalue weighted by Gasteiger charge is 2.50. The van der Waals surface area contributed by atoms with Gasteiger partial charge in [0.05, 0.1) is 17.8 Å². The Morgan fingerprint density at radius 2 is 1.43 bits per heavy atom. The van der Waals surface area contributed by atoms with Crippen molar-refractivity contribution in [1.82, 2.24) is 0 Å². The number of ketones is 2. The van der Waals surface area contributed by atoms with Crippen LogP contribution in [0.3, 0.4) is 0 Å². The van der Waals surface area contributed by atoms with Crippen LogP contribution in [0.1, 0.15) is 64.9 Å². The molecule has 1 heterocycles. The SMILES string of the molecule is COc1ccc(Br)cc1C1C2=C(CC(C)(C)CC2=O)N(c2cc(Cl)ccc2Cl)C2=C1C(=O)CC(C)(C)C2. The first kappa shape index (κ1) is 26.5. The van der Waals surface area contributed by atoms with Crippen molar-refractivity contribution in [3.8, 4) is 5.75 Å². The molecule has 0 unspecified atom stereocenters. The number of rotatable bonds is 3. The van der Waals surface area contributed by atoms with E-state index in [0.717, 1.165) is 21.4 Å². The van der Waals surface area contributed by atoms with Gasteiger partial charge in [-0.05, 0) is 60.1 Å². The zero-order valence-corrected chi connectivity index (χ0v) is 24.8. The lowest BCUT2D eigenvalue weighted by Crippen LogP contribution is -2.44. The second-order valence-electron chi connectivity index (χ2n) is 11.9. The van der Waals surface area contributed by atoms with Crippen LogP contribution in [0.25, 0.3) is 0 Å². The van der Waals surface area contributed by atoms with Gasteiger partial charge in [0, 0.05) is 56.4 Å². The number of benzene rings is 2. The van der Waals surface area contributed by atoms with Gasteiger partial charge in [0.25, 0.3) is 0 Å². The summed E-state index contributed by atoms with van der Waals surface area (Å²) in [6, 6.07) is 11.1. The van der Waals surface area contributed by atoms with Crippen LogP contribution in [-0.2, 0) is 9.59 Å². The van der Waals surface area contributed by atoms with E-state index >= 15 is 0 Å². The molecule has 3 aliphatic rings. The third-order valence-corrected chi connectivity index (χ3v) is 8.61. The number of nitrogens with zero attached hydrogens (tertiary/aromatic N) is 1. The number of anilines is 1. The van der Waals surface area contributed by atoms with E-state index in [-0.39, 0.29) is 22.4 Å². The topological polar surface area (TPSA) is 46.6 Å². The molecule has 37 heavy (non-hydrogen) atoms. The van der Waals surface area contributed by atoms with E-state index in [0.29, 0.717) is 58.3 Å². The first-order valence-electron chi connectivity index (χ1n) is 12.4. The Hall–Kier alpha value is -2.08. The number of ether oxygens (including phenoxy) is 1. The Bertz CT molecular complexity index is 1350. The first-order chi connectivity index (χ1) is 17.3. The summed E-state index contributed by atoms with van der Waals surface area (Å²) < 4.78 is 6.63. The highest BCUT2D eigenvalue weighted by molar-refractivity contribution is 9.10. The maximum atomic E-state index is 14.0. The molecule has 0 saturated carbocycles. The normalized spacial score (nSPS) is 21.2. The summed E-state index contributed by atoms with van der Waals surface area (Å²) in [6.45, 7) is 8.45. The summed E-state index contributed by atoms with van der Waals surface area (Å²) >= 11 is 16.9. The van der Waals surface area contributed by atoms with Gasteiger partial charge in [-0.2, -0.15) is 0 Å². The summed E-state index contributed by atoms with van der Waals surface area (Å²) in [5.74, 6) is 0.228. The van der Waals surface area contributed by atoms with Gasteiger partial charge in [0.1, 0.15) is 5.75 Å². The Labute approximate surface area is 236 Å². The van der Waals surface area contributed by atoms with Crippen LogP contribution < -0.4 is 9.64 Å². The van der Waals surface area contributed by atoms with Crippen molar-refractivity contribution in [3.05, 3.63) is 79.0 Å². The standard InChI is InChI=1S/C30H30BrCl2NO3/c1-29(2)12-21-27(23(35)14-29)26(18-10-16(31)6-9-25(18)37-5)28-22(13-30(3,4)15-24(28)36)34(21)20-11-17(32)7-8-19(20)33/h6-11,26H,12-15H2,1-5H3. The molecule has 0 spiro atoms. The number of carbonyl (C=O) groups is 2. The number of methoxy groups -OCH3 is 1. The number of Topliss-reactive ketones (excluding diaryl/α,β-unsaturated/α-hetero) is 2. The largest absolute Gasteiger partial charge is 0.496 e. The van der Waals surface area contributed by atoms with Gasteiger partial charge in [-0.1, -0.05) is 66.8 Å². The molecular formula is C30H30BrCl2NO3. The zero-order chi connectivity index (χ0) is 26.9. The summed E-state index contributed by atoms with van der Waals surface area (Å²) in [6.07, 6.45) is 2.13. The minimum Gasteiger partial charge on any atom is -0.496 e. The molecule has 0 amide bonds. The van der Waals surface area contributed by atoms with Crippen LogP contribution in [0.5, 0.6) is 5.75 Å². The molecule has 2 aromatic carbocycles. The van der Waals surface area contributed by atoms with Crippen molar-refractivity contribution in [1.29, 1.82) is 0 Å². The molecule has 5 rings (SSSR count). The molecule has 194 valence electrons. The van der Waals surface area contributed by atoms with Crippen LogP contribution in [0.15, 0.2) is 63.4 Å². The molecule has 0 saturated heterocycles. The summed E-state index contributed by atoms with van der Waals surface area (Å²) in [7, 11) is 1.62. The molecular weight excluding hydrogens is 573 g/mol. The first-order valence-corrected chi connectivity index (χ1v) is 14.0. The van der Waals surface area contributed by atoms with E-state index in [4.69, 9.17) is 27.9 Å². The van der Waals surface area contributed by atoms with Gasteiger partial charge in [-0.15, -0.1) is 0 Å². The molecule has 0 bridgehead atoms. The van der Waals surface area contributed by atoms with Crippen molar-refractivity contribution in [2.45, 2.75) is 59.3 Å². The van der Waals surface area contributed by atoms with Gasteiger partial charge in [-0.3, -0.25) is 9.59 Å². The Morgan fingerprint density at radius 3 is 1.97 bits per heavy atom. The monoisotopic (exact) mass is 601 g/mol. The number of hydrogen-bond acceptors (Lipinski definition) is 4. The van der Waals surface area contributed by atoms with Crippen LogP contribution in [0, 0.1) is 10.8 Å². The molecule has 0 radical (unpaired) electrons. The maximum absolute atomic E-state index is 14.0. The van der Waals surface area contributed by atoms with Gasteiger partial charge in [-0.25, -0.2) is 0 Å². The molecule has 0 aromatic heterocycles. The lowest BCUT2D eigenvalue weighted by atomic mass is 9.63. The zero-order valence-electron chi connectivity index (χ0n) is 21.7. The van der Waals surface area contributed by atoms with E-state index in [1.54, 1.807) is 19.2 Å². The summed E-state index contributed by atoms with van der Waals surface area (Å²) in [5, 5.41) is 1.07. The van der Waals surface area contributed by atoms with E-state index in [1.807, 2.05) is 24.3 Å². The predicted molar refractivity (Wildman–Crippen MR) is 152 cm³/mol. The lowest BCUT2D eigenvalue weighted by molar-refractivity contribution is -0.119. The molecule has 1 aliphatic heterocycles. The number of allylic oxidation sites excluding steroid dienone is 4. The number of hydrogen-bond donors (Lipinski definition) is 0. The average molecular weight is 603 g/mol. The van der Waals surface area contributed by atoms with Crippen LogP contribution >= 0.6 is 39.1 Å². The molecule has 2 aromatic rings. The fourth-order valence-corrected chi connectivity index (χ4v) is 6.90. The Morgan fingerprint density at radius 1 is 0.865 bits per heavy atom. The molecule has 2 aliphatic carbocycles. The van der Waals surface area contributed by atoms with E-state index in [9.17, 15) is 9.59 Å². The highest BCUT2D eigenvalue weighted by Crippen LogP contribution is 2.57. The average Bonchev–Trinajstić information content (AvgIpc) is 2.78. The maximum Gasteiger partial charge on any atom is 0.162 e. The van der Waals surface area contributed by atoms with Crippen molar-refractivity contribution in [2.24, 2.45) is 10.8 Å². The Kier molecular flexibility index (Phi) is 6.66. The minimum absolute atomic E-state index is 0.0469. The van der Waals surface area contributed by atoms with E-state index in [2.05, 4.69) is 48.5 Å². The van der Waals surface area contributed by atoms with Gasteiger partial charge >= 0.3 is 0 Å². The van der Waals surface area contributed by atoms with Gasteiger partial charge in [0.15, 0.2) is 11.6 Å². The lowest BCUT2D eigenvalue weighted by Gasteiger charge is -2.49. The van der Waals surface area contributed by atoms with Crippen molar-refractivity contribution in [2.75, 3.05) is 12.0 Å². The number of halogens is 3. The summed E-state index contributed by atoms with van der Waals surface area (Å²) in [4.78, 5) is 30.1. The van der Waals surface area contributed by atoms with Crippen molar-refractivity contribution >= 4 is 56.4 Å². The van der Waals surface area contributed by atoms with E-state index < -0.39 is 5.92 Å². The van der Waals surface area contributed by atoms with Crippen LogP contribution in [0.4, 0.5) is 5.69 Å². The molecule has 7 heteroatoms. The summed E-state index contributed by atoms with van der Waals surface area (Å²) in [5.41, 5.74) is 4.09. The second-order valence-corrected chi connectivity index (χ2v) is 13.6. The van der Waals surface area contributed by atoms with Crippen molar-refractivity contribution < 1.29 is 14.3 Å². The fourth-order valence-electron chi connectivity index (χ4n) is 6.15. The number of carbonyl (C=O) groups excluding carboxylic acids is 2. The van der Waals surface area contributed by atoms with Gasteiger partial charge in [0.2, 0.25) is 0 Å². The highest BCUT2D eigenvalue weighted by atomic mass is 79.9. The van der Waals surface area contributed by atoms with Crippen LogP contribution in [-0.4, -0.2) is 18.7 Å². The third-order valence-electron chi connectivity index (χ3n) is 7.56. The molecule has 0 N–H and O–H groups in total. The fraction of sp³-hybridized carbons (Fsp3) is 0.400. The van der Waals surface area contributed by atoms with Crippen LogP contribution in [0.2, 0.25) is 10.0 Å². The quantitative estimate of drug-likeness (QED) is 0.353. The minimum atomic E-state index is -0.515. The molecule has 0 fully saturated rings. The third kappa shape index (κ3) is 4.68. The van der Waals surface area contributed by atoms with Gasteiger partial charge < -0.3 is 9.64 Å². The van der Waals surface area contributed by atoms with Crippen molar-refractivity contribution in [3.63, 3.8) is 0 Å². The molecule has 4 nitrogen and oxygen atoms in total. The Balaban J connectivity index is 1.90. The molecule has 0 atom stereocenters. The van der Waals surface area contributed by atoms with E-state index in [1.165, 1.54) is 0 Å². The predicted octanol–water partition coefficient (Wildman–Crippen LogP) is 8.65. The smallest absolute Gasteiger partial charge is 0.162 e. The second kappa shape index (κ2) is 9.29.